The van der Waals surface area contributed by atoms with E-state index in [-0.39, 0.29) is 0 Å². The van der Waals surface area contributed by atoms with E-state index in [0.29, 0.717) is 11.6 Å². The third-order valence-electron chi connectivity index (χ3n) is 4.04. The molecule has 0 radical (unpaired) electrons. The van der Waals surface area contributed by atoms with Gasteiger partial charge in [-0.3, -0.25) is 4.98 Å². The van der Waals surface area contributed by atoms with Crippen LogP contribution < -0.4 is 5.32 Å². The zero-order chi connectivity index (χ0) is 12.4. The molecule has 2 atom stereocenters. The number of pyridine rings is 1. The van der Waals surface area contributed by atoms with Crippen LogP contribution >= 0.6 is 0 Å². The number of nitriles is 1. The van der Waals surface area contributed by atoms with Gasteiger partial charge in [-0.1, -0.05) is 6.08 Å². The molecule has 3 heteroatoms. The van der Waals surface area contributed by atoms with Crippen molar-refractivity contribution < 1.29 is 0 Å². The second-order valence-electron chi connectivity index (χ2n) is 5.19. The van der Waals surface area contributed by atoms with Crippen molar-refractivity contribution in [2.75, 3.05) is 6.54 Å². The number of allylic oxidation sites excluding steroid dienone is 1. The first-order valence-electron chi connectivity index (χ1n) is 6.66. The number of nitrogens with one attached hydrogen (secondary N) is 1. The summed E-state index contributed by atoms with van der Waals surface area (Å²) >= 11 is 0. The molecule has 0 saturated carbocycles. The second-order valence-corrected chi connectivity index (χ2v) is 5.19. The Kier molecular flexibility index (Phi) is 3.12. The summed E-state index contributed by atoms with van der Waals surface area (Å²) < 4.78 is 0. The molecule has 0 amide bonds. The Morgan fingerprint density at radius 2 is 2.28 bits per heavy atom. The summed E-state index contributed by atoms with van der Waals surface area (Å²) in [5.41, 5.74) is 3.10. The van der Waals surface area contributed by atoms with Crippen molar-refractivity contribution in [1.29, 1.82) is 5.26 Å². The largest absolute Gasteiger partial charge is 0.310 e. The van der Waals surface area contributed by atoms with Gasteiger partial charge in [-0.05, 0) is 55.3 Å². The van der Waals surface area contributed by atoms with E-state index >= 15 is 0 Å². The number of rotatable bonds is 1. The summed E-state index contributed by atoms with van der Waals surface area (Å²) in [4.78, 5) is 4.15. The van der Waals surface area contributed by atoms with Gasteiger partial charge in [0.2, 0.25) is 0 Å². The van der Waals surface area contributed by atoms with Gasteiger partial charge in [0.1, 0.15) is 6.07 Å². The van der Waals surface area contributed by atoms with Crippen LogP contribution in [0.2, 0.25) is 0 Å². The van der Waals surface area contributed by atoms with Crippen molar-refractivity contribution >= 4 is 5.57 Å². The van der Waals surface area contributed by atoms with Crippen LogP contribution in [0.4, 0.5) is 0 Å². The van der Waals surface area contributed by atoms with Gasteiger partial charge in [0.15, 0.2) is 0 Å². The number of nitrogens with zero attached hydrogens (tertiary/aromatic N) is 2. The van der Waals surface area contributed by atoms with Gasteiger partial charge in [0.25, 0.3) is 0 Å². The predicted octanol–water partition coefficient (Wildman–Crippen LogP) is 2.50. The monoisotopic (exact) mass is 239 g/mol. The Balaban J connectivity index is 1.88. The van der Waals surface area contributed by atoms with E-state index in [1.54, 1.807) is 6.20 Å². The lowest BCUT2D eigenvalue weighted by Crippen LogP contribution is -2.41. The van der Waals surface area contributed by atoms with Crippen molar-refractivity contribution in [3.05, 3.63) is 35.7 Å². The third kappa shape index (κ3) is 2.16. The Bertz CT molecular complexity index is 513. The maximum Gasteiger partial charge on any atom is 0.101 e. The number of piperidine rings is 1. The molecule has 0 aromatic carbocycles. The maximum absolute atomic E-state index is 8.93. The van der Waals surface area contributed by atoms with Crippen LogP contribution in [0.1, 0.15) is 36.8 Å². The fourth-order valence-electron chi connectivity index (χ4n) is 3.06. The normalized spacial score (nSPS) is 26.9. The van der Waals surface area contributed by atoms with Crippen LogP contribution in [0, 0.1) is 17.2 Å². The fraction of sp³-hybridized carbons (Fsp3) is 0.467. The maximum atomic E-state index is 8.93. The van der Waals surface area contributed by atoms with E-state index in [2.05, 4.69) is 22.4 Å². The first-order chi connectivity index (χ1) is 8.86. The summed E-state index contributed by atoms with van der Waals surface area (Å²) in [5, 5.41) is 12.5. The molecule has 1 aromatic rings. The Hall–Kier alpha value is -1.66. The molecule has 1 saturated heterocycles. The highest BCUT2D eigenvalue weighted by Gasteiger charge is 2.27. The molecule has 3 nitrogen and oxygen atoms in total. The van der Waals surface area contributed by atoms with Crippen LogP contribution in [-0.2, 0) is 0 Å². The molecule has 1 N–H and O–H groups in total. The van der Waals surface area contributed by atoms with Crippen LogP contribution in [0.15, 0.2) is 24.5 Å². The highest BCUT2D eigenvalue weighted by Crippen LogP contribution is 2.34. The third-order valence-corrected chi connectivity index (χ3v) is 4.04. The van der Waals surface area contributed by atoms with E-state index < -0.39 is 0 Å². The summed E-state index contributed by atoms with van der Waals surface area (Å²) in [6.07, 6.45) is 10.9. The number of hydrogen-bond donors (Lipinski definition) is 1. The molecular weight excluding hydrogens is 222 g/mol. The fourth-order valence-corrected chi connectivity index (χ4v) is 3.06. The highest BCUT2D eigenvalue weighted by molar-refractivity contribution is 5.67. The molecule has 18 heavy (non-hydrogen) atoms. The molecule has 2 heterocycles. The van der Waals surface area contributed by atoms with Crippen molar-refractivity contribution in [3.63, 3.8) is 0 Å². The lowest BCUT2D eigenvalue weighted by Gasteiger charge is -2.35. The van der Waals surface area contributed by atoms with Gasteiger partial charge in [-0.2, -0.15) is 5.26 Å². The number of fused-ring (bicyclic) bond motifs is 1. The number of hydrogen-bond acceptors (Lipinski definition) is 3. The molecule has 0 spiro atoms. The first kappa shape index (κ1) is 11.4. The van der Waals surface area contributed by atoms with Gasteiger partial charge in [0, 0.05) is 18.4 Å². The van der Waals surface area contributed by atoms with E-state index in [1.807, 2.05) is 12.3 Å². The van der Waals surface area contributed by atoms with Crippen molar-refractivity contribution in [2.24, 2.45) is 5.92 Å². The van der Waals surface area contributed by atoms with E-state index in [0.717, 1.165) is 24.4 Å². The Labute approximate surface area is 108 Å². The summed E-state index contributed by atoms with van der Waals surface area (Å²) in [5.74, 6) is 0.801. The van der Waals surface area contributed by atoms with E-state index in [9.17, 15) is 0 Å². The molecular formula is C15H17N3. The minimum atomic E-state index is 0.522. The van der Waals surface area contributed by atoms with Gasteiger partial charge in [0.05, 0.1) is 5.56 Å². The highest BCUT2D eigenvalue weighted by atomic mass is 14.9. The summed E-state index contributed by atoms with van der Waals surface area (Å²) in [6, 6.07) is 4.63. The van der Waals surface area contributed by atoms with Gasteiger partial charge in [-0.15, -0.1) is 0 Å². The lowest BCUT2D eigenvalue weighted by atomic mass is 9.79. The van der Waals surface area contributed by atoms with Crippen molar-refractivity contribution in [1.82, 2.24) is 10.3 Å². The Morgan fingerprint density at radius 1 is 1.33 bits per heavy atom. The SMILES string of the molecule is N#Cc1cncc(C2=C[C@@H]3NCCC[C@@H]3CC2)c1. The van der Waals surface area contributed by atoms with Gasteiger partial charge in [-0.25, -0.2) is 0 Å². The predicted molar refractivity (Wildman–Crippen MR) is 70.7 cm³/mol. The zero-order valence-corrected chi connectivity index (χ0v) is 10.4. The van der Waals surface area contributed by atoms with Crippen LogP contribution in [-0.4, -0.2) is 17.6 Å². The van der Waals surface area contributed by atoms with Crippen LogP contribution in [0.3, 0.4) is 0 Å². The number of aromatic nitrogens is 1. The van der Waals surface area contributed by atoms with Crippen molar-refractivity contribution in [2.45, 2.75) is 31.7 Å². The average molecular weight is 239 g/mol. The second kappa shape index (κ2) is 4.91. The molecule has 1 aliphatic carbocycles. The Morgan fingerprint density at radius 3 is 3.17 bits per heavy atom. The average Bonchev–Trinajstić information content (AvgIpc) is 2.47. The molecule has 92 valence electrons. The zero-order valence-electron chi connectivity index (χ0n) is 10.4. The van der Waals surface area contributed by atoms with Crippen molar-refractivity contribution in [3.8, 4) is 6.07 Å². The molecule has 1 aliphatic heterocycles. The van der Waals surface area contributed by atoms with Gasteiger partial charge >= 0.3 is 0 Å². The first-order valence-corrected chi connectivity index (χ1v) is 6.66. The van der Waals surface area contributed by atoms with E-state index in [4.69, 9.17) is 5.26 Å². The minimum Gasteiger partial charge on any atom is -0.310 e. The summed E-state index contributed by atoms with van der Waals surface area (Å²) in [6.45, 7) is 1.13. The quantitative estimate of drug-likeness (QED) is 0.819. The smallest absolute Gasteiger partial charge is 0.101 e. The standard InChI is InChI=1S/C15H17N3/c16-8-11-6-14(10-17-9-11)13-4-3-12-2-1-5-18-15(12)7-13/h6-7,9-10,12,15,18H,1-5H2/t12-,15+/m1/s1. The van der Waals surface area contributed by atoms with E-state index in [1.165, 1.54) is 24.8 Å². The minimum absolute atomic E-state index is 0.522. The molecule has 1 fully saturated rings. The van der Waals surface area contributed by atoms with Gasteiger partial charge < -0.3 is 5.32 Å². The molecule has 2 aliphatic rings. The molecule has 0 unspecified atom stereocenters. The molecule has 3 rings (SSSR count). The van der Waals surface area contributed by atoms with Crippen LogP contribution in [0.5, 0.6) is 0 Å². The molecule has 0 bridgehead atoms. The van der Waals surface area contributed by atoms with Crippen LogP contribution in [0.25, 0.3) is 5.57 Å². The molecule has 1 aromatic heterocycles. The topological polar surface area (TPSA) is 48.7 Å². The lowest BCUT2D eigenvalue weighted by molar-refractivity contribution is 0.298. The summed E-state index contributed by atoms with van der Waals surface area (Å²) in [7, 11) is 0.